The number of aliphatic hydroxyl groups excluding tert-OH is 1. The molecule has 0 saturated heterocycles. The Kier molecular flexibility index (Phi) is 10.0. The van der Waals surface area contributed by atoms with Crippen LogP contribution in [0.5, 0.6) is 0 Å². The first kappa shape index (κ1) is 37.1. The van der Waals surface area contributed by atoms with Crippen molar-refractivity contribution in [2.24, 2.45) is 5.73 Å². The third kappa shape index (κ3) is 6.96. The molecule has 3 heterocycles. The third-order valence-electron chi connectivity index (χ3n) is 9.44. The van der Waals surface area contributed by atoms with Crippen LogP contribution in [0.3, 0.4) is 0 Å². The number of fused-ring (bicyclic) bond motifs is 2. The molecule has 0 bridgehead atoms. The number of aromatic nitrogens is 3. The van der Waals surface area contributed by atoms with E-state index in [9.17, 15) is 27.9 Å². The Bertz CT molecular complexity index is 2620. The van der Waals surface area contributed by atoms with Crippen LogP contribution in [0.1, 0.15) is 53.6 Å². The number of hydrogen-bond acceptors (Lipinski definition) is 7. The SMILES string of the molecule is Cc1c(Cl)c(C(N)=O)nn1-c1ccc(C(=O)NS(=O)(=O)c2ccc3c(ccn3Cc3ccc(Cl)c(Cl)c3)c2)cc1C(=O)N1Cc2ccccc2CC1CO. The van der Waals surface area contributed by atoms with Gasteiger partial charge in [-0.05, 0) is 84.6 Å². The highest BCUT2D eigenvalue weighted by atomic mass is 35.5. The van der Waals surface area contributed by atoms with Gasteiger partial charge in [-0.2, -0.15) is 5.10 Å². The van der Waals surface area contributed by atoms with Crippen LogP contribution in [0.25, 0.3) is 16.6 Å². The number of primary amides is 1. The number of aliphatic hydroxyl groups is 1. The number of nitrogens with one attached hydrogen (secondary N) is 1. The van der Waals surface area contributed by atoms with Gasteiger partial charge in [0.1, 0.15) is 0 Å². The van der Waals surface area contributed by atoms with Crippen molar-refractivity contribution in [3.63, 3.8) is 0 Å². The van der Waals surface area contributed by atoms with Gasteiger partial charge in [0.25, 0.3) is 27.7 Å². The van der Waals surface area contributed by atoms with E-state index in [1.54, 1.807) is 31.2 Å². The summed E-state index contributed by atoms with van der Waals surface area (Å²) < 4.78 is 32.5. The molecule has 1 aliphatic heterocycles. The predicted molar refractivity (Wildman–Crippen MR) is 205 cm³/mol. The van der Waals surface area contributed by atoms with Gasteiger partial charge < -0.3 is 20.3 Å². The first-order valence-electron chi connectivity index (χ1n) is 16.5. The minimum absolute atomic E-state index is 0.0179. The molecule has 4 aromatic carbocycles. The Morgan fingerprint density at radius 1 is 0.944 bits per heavy atom. The number of nitrogens with zero attached hydrogens (tertiary/aromatic N) is 4. The largest absolute Gasteiger partial charge is 0.394 e. The highest BCUT2D eigenvalue weighted by Gasteiger charge is 2.33. The van der Waals surface area contributed by atoms with E-state index in [1.807, 2.05) is 41.1 Å². The van der Waals surface area contributed by atoms with E-state index in [-0.39, 0.29) is 45.6 Å². The number of carbonyl (C=O) groups excluding carboxylic acids is 3. The van der Waals surface area contributed by atoms with Crippen molar-refractivity contribution >= 4 is 73.5 Å². The average Bonchev–Trinajstić information content (AvgIpc) is 3.70. The molecular weight excluding hydrogens is 775 g/mol. The molecule has 0 aliphatic carbocycles. The first-order chi connectivity index (χ1) is 25.7. The summed E-state index contributed by atoms with van der Waals surface area (Å²) in [7, 11) is -4.40. The van der Waals surface area contributed by atoms with E-state index in [0.29, 0.717) is 34.1 Å². The second-order valence-corrected chi connectivity index (χ2v) is 15.7. The zero-order chi connectivity index (χ0) is 38.5. The summed E-state index contributed by atoms with van der Waals surface area (Å²) >= 11 is 18.6. The lowest BCUT2D eigenvalue weighted by atomic mass is 9.93. The van der Waals surface area contributed by atoms with Gasteiger partial charge in [-0.3, -0.25) is 14.4 Å². The van der Waals surface area contributed by atoms with E-state index in [1.165, 1.54) is 39.9 Å². The van der Waals surface area contributed by atoms with Crippen molar-refractivity contribution in [2.75, 3.05) is 6.61 Å². The zero-order valence-corrected chi connectivity index (χ0v) is 31.5. The number of carbonyl (C=O) groups is 3. The topological polar surface area (TPSA) is 170 Å². The number of hydrogen-bond donors (Lipinski definition) is 3. The van der Waals surface area contributed by atoms with E-state index in [4.69, 9.17) is 40.5 Å². The highest BCUT2D eigenvalue weighted by Crippen LogP contribution is 2.31. The number of benzene rings is 4. The average molecular weight is 806 g/mol. The Morgan fingerprint density at radius 3 is 2.41 bits per heavy atom. The molecule has 0 saturated carbocycles. The van der Waals surface area contributed by atoms with Gasteiger partial charge in [0.15, 0.2) is 5.69 Å². The molecule has 276 valence electrons. The Balaban J connectivity index is 1.21. The van der Waals surface area contributed by atoms with E-state index in [2.05, 4.69) is 9.82 Å². The normalized spacial score (nSPS) is 14.2. The Hall–Kier alpha value is -5.18. The number of sulfonamides is 1. The van der Waals surface area contributed by atoms with Crippen LogP contribution in [-0.2, 0) is 29.5 Å². The van der Waals surface area contributed by atoms with Crippen molar-refractivity contribution in [3.05, 3.63) is 145 Å². The molecule has 54 heavy (non-hydrogen) atoms. The summed E-state index contributed by atoms with van der Waals surface area (Å²) in [6.45, 7) is 1.86. The van der Waals surface area contributed by atoms with Crippen LogP contribution < -0.4 is 10.5 Å². The van der Waals surface area contributed by atoms with E-state index >= 15 is 0 Å². The quantitative estimate of drug-likeness (QED) is 0.163. The van der Waals surface area contributed by atoms with Gasteiger partial charge in [0.05, 0.1) is 49.6 Å². The molecule has 0 fully saturated rings. The van der Waals surface area contributed by atoms with Crippen LogP contribution in [0, 0.1) is 6.92 Å². The van der Waals surface area contributed by atoms with Gasteiger partial charge in [-0.15, -0.1) is 0 Å². The molecular formula is C38H31Cl3N6O6S. The number of nitrogens with two attached hydrogens (primary N) is 1. The molecule has 2 aromatic heterocycles. The summed E-state index contributed by atoms with van der Waals surface area (Å²) in [5.74, 6) is -2.45. The molecule has 7 rings (SSSR count). The lowest BCUT2D eigenvalue weighted by Crippen LogP contribution is -2.46. The third-order valence-corrected chi connectivity index (χ3v) is 12.0. The molecule has 16 heteroatoms. The van der Waals surface area contributed by atoms with Gasteiger partial charge >= 0.3 is 0 Å². The van der Waals surface area contributed by atoms with E-state index in [0.717, 1.165) is 22.2 Å². The number of rotatable bonds is 9. The summed E-state index contributed by atoms with van der Waals surface area (Å²) in [5.41, 5.74) is 9.03. The lowest BCUT2D eigenvalue weighted by molar-refractivity contribution is 0.0544. The smallest absolute Gasteiger partial charge is 0.270 e. The van der Waals surface area contributed by atoms with Crippen LogP contribution in [0.15, 0.2) is 96.0 Å². The van der Waals surface area contributed by atoms with Gasteiger partial charge in [-0.25, -0.2) is 17.8 Å². The van der Waals surface area contributed by atoms with Crippen molar-refractivity contribution < 1.29 is 27.9 Å². The number of amides is 3. The van der Waals surface area contributed by atoms with Gasteiger partial charge in [0.2, 0.25) is 0 Å². The lowest BCUT2D eigenvalue weighted by Gasteiger charge is -2.36. The highest BCUT2D eigenvalue weighted by molar-refractivity contribution is 7.90. The summed E-state index contributed by atoms with van der Waals surface area (Å²) in [4.78, 5) is 41.5. The first-order valence-corrected chi connectivity index (χ1v) is 19.2. The predicted octanol–water partition coefficient (Wildman–Crippen LogP) is 5.92. The van der Waals surface area contributed by atoms with Crippen molar-refractivity contribution in [3.8, 4) is 5.69 Å². The summed E-state index contributed by atoms with van der Waals surface area (Å²) in [6.07, 6.45) is 2.19. The molecule has 4 N–H and O–H groups in total. The van der Waals surface area contributed by atoms with Gasteiger partial charge in [-0.1, -0.05) is 65.1 Å². The standard InChI is InChI=1S/C38H31Cl3N6O6S/c1-21-34(41)35(36(42)49)43-47(21)33-10-7-25(17-29(33)38(51)46-19-26-5-3-2-4-23(26)15-27(46)20-48)37(50)44-54(52,53)28-8-11-32-24(16-28)12-13-45(32)18-22-6-9-30(39)31(40)14-22/h2-14,16-17,27,48H,15,18-20H2,1H3,(H2,42,49)(H,44,50). The maximum Gasteiger partial charge on any atom is 0.270 e. The number of halogens is 3. The molecule has 1 atom stereocenters. The maximum atomic E-state index is 14.4. The van der Waals surface area contributed by atoms with E-state index < -0.39 is 33.8 Å². The fourth-order valence-electron chi connectivity index (χ4n) is 6.61. The van der Waals surface area contributed by atoms with Crippen LogP contribution >= 0.6 is 34.8 Å². The molecule has 3 amide bonds. The monoisotopic (exact) mass is 804 g/mol. The molecule has 0 radical (unpaired) electrons. The zero-order valence-electron chi connectivity index (χ0n) is 28.5. The summed E-state index contributed by atoms with van der Waals surface area (Å²) in [6, 6.07) is 22.5. The Morgan fingerprint density at radius 2 is 1.70 bits per heavy atom. The minimum atomic E-state index is -4.40. The fraction of sp³-hybridized carbons (Fsp3) is 0.158. The van der Waals surface area contributed by atoms with Crippen molar-refractivity contribution in [1.82, 2.24) is 24.0 Å². The molecule has 0 spiro atoms. The van der Waals surface area contributed by atoms with Crippen LogP contribution in [0.4, 0.5) is 0 Å². The summed E-state index contributed by atoms with van der Waals surface area (Å²) in [5, 5.41) is 16.0. The molecule has 6 aromatic rings. The van der Waals surface area contributed by atoms with Crippen LogP contribution in [0.2, 0.25) is 15.1 Å². The molecule has 12 nitrogen and oxygen atoms in total. The van der Waals surface area contributed by atoms with Gasteiger partial charge in [0, 0.05) is 35.8 Å². The Labute approximate surface area is 324 Å². The van der Waals surface area contributed by atoms with Crippen LogP contribution in [-0.4, -0.2) is 63.1 Å². The van der Waals surface area contributed by atoms with Crippen molar-refractivity contribution in [2.45, 2.75) is 37.4 Å². The minimum Gasteiger partial charge on any atom is -0.394 e. The maximum absolute atomic E-state index is 14.4. The molecule has 1 aliphatic rings. The molecule has 1 unspecified atom stereocenters. The van der Waals surface area contributed by atoms with Crippen molar-refractivity contribution in [1.29, 1.82) is 0 Å². The fourth-order valence-corrected chi connectivity index (χ4v) is 8.15. The second kappa shape index (κ2) is 14.6. The second-order valence-electron chi connectivity index (χ2n) is 12.8.